The van der Waals surface area contributed by atoms with E-state index >= 15 is 0 Å². The molecule has 0 aliphatic carbocycles. The first-order valence-electron chi connectivity index (χ1n) is 3.76. The van der Waals surface area contributed by atoms with Gasteiger partial charge in [0, 0.05) is 25.4 Å². The fourth-order valence-electron chi connectivity index (χ4n) is 0.951. The lowest BCUT2D eigenvalue weighted by Crippen LogP contribution is -1.96. The Morgan fingerprint density at radius 2 is 2.58 bits per heavy atom. The van der Waals surface area contributed by atoms with Crippen LogP contribution in [0.25, 0.3) is 0 Å². The molecule has 0 aliphatic heterocycles. The molecule has 1 rings (SSSR count). The van der Waals surface area contributed by atoms with Crippen LogP contribution >= 0.6 is 0 Å². The van der Waals surface area contributed by atoms with E-state index in [0.29, 0.717) is 0 Å². The van der Waals surface area contributed by atoms with E-state index in [-0.39, 0.29) is 0 Å². The van der Waals surface area contributed by atoms with Gasteiger partial charge in [0.15, 0.2) is 6.10 Å². The molecular formula is C8H11N3O. The van der Waals surface area contributed by atoms with Gasteiger partial charge in [-0.3, -0.25) is 4.68 Å². The quantitative estimate of drug-likeness (QED) is 0.674. The summed E-state index contributed by atoms with van der Waals surface area (Å²) < 4.78 is 6.69. The summed E-state index contributed by atoms with van der Waals surface area (Å²) in [6, 6.07) is 2.03. The Bertz CT molecular complexity index is 287. The molecule has 0 spiro atoms. The van der Waals surface area contributed by atoms with Gasteiger partial charge in [0.2, 0.25) is 0 Å². The smallest absolute Gasteiger partial charge is 0.171 e. The molecule has 0 bridgehead atoms. The lowest BCUT2D eigenvalue weighted by Gasteiger charge is -2.01. The molecule has 64 valence electrons. The van der Waals surface area contributed by atoms with E-state index in [0.717, 1.165) is 12.1 Å². The fraction of sp³-hybridized carbons (Fsp3) is 0.500. The molecule has 0 N–H and O–H groups in total. The van der Waals surface area contributed by atoms with Crippen molar-refractivity contribution < 1.29 is 4.74 Å². The zero-order chi connectivity index (χ0) is 8.97. The third-order valence-electron chi connectivity index (χ3n) is 1.63. The van der Waals surface area contributed by atoms with Gasteiger partial charge in [-0.05, 0) is 6.92 Å². The van der Waals surface area contributed by atoms with Gasteiger partial charge in [-0.2, -0.15) is 10.4 Å². The van der Waals surface area contributed by atoms with Crippen molar-refractivity contribution >= 4 is 0 Å². The van der Waals surface area contributed by atoms with Crippen LogP contribution in [0.1, 0.15) is 18.6 Å². The van der Waals surface area contributed by atoms with Gasteiger partial charge < -0.3 is 4.74 Å². The third-order valence-corrected chi connectivity index (χ3v) is 1.63. The molecule has 0 aliphatic rings. The van der Waals surface area contributed by atoms with Crippen molar-refractivity contribution in [3.63, 3.8) is 0 Å². The first kappa shape index (κ1) is 8.75. The second-order valence-corrected chi connectivity index (χ2v) is 2.37. The average Bonchev–Trinajstić information content (AvgIpc) is 2.55. The monoisotopic (exact) mass is 165 g/mol. The number of nitriles is 1. The van der Waals surface area contributed by atoms with Gasteiger partial charge in [0.05, 0.1) is 12.3 Å². The molecule has 0 amide bonds. The minimum Gasteiger partial charge on any atom is -0.362 e. The van der Waals surface area contributed by atoms with Crippen LogP contribution in [-0.4, -0.2) is 16.9 Å². The molecule has 1 atom stereocenters. The van der Waals surface area contributed by atoms with Crippen molar-refractivity contribution in [3.05, 3.63) is 18.0 Å². The molecule has 0 radical (unpaired) electrons. The van der Waals surface area contributed by atoms with Crippen molar-refractivity contribution in [3.8, 4) is 6.07 Å². The third kappa shape index (κ3) is 1.63. The molecule has 1 aromatic heterocycles. The van der Waals surface area contributed by atoms with E-state index in [4.69, 9.17) is 10.00 Å². The molecule has 0 saturated carbocycles. The predicted octanol–water partition coefficient (Wildman–Crippen LogP) is 1.11. The molecule has 1 heterocycles. The molecular weight excluding hydrogens is 154 g/mol. The lowest BCUT2D eigenvalue weighted by molar-refractivity contribution is 0.148. The number of ether oxygens (including phenoxy) is 1. The van der Waals surface area contributed by atoms with E-state index in [1.807, 2.05) is 19.2 Å². The van der Waals surface area contributed by atoms with Crippen molar-refractivity contribution in [2.45, 2.75) is 19.6 Å². The van der Waals surface area contributed by atoms with Crippen LogP contribution in [0.15, 0.2) is 12.4 Å². The number of hydrogen-bond acceptors (Lipinski definition) is 3. The first-order valence-corrected chi connectivity index (χ1v) is 3.76. The number of hydrogen-bond donors (Lipinski definition) is 0. The molecule has 4 nitrogen and oxygen atoms in total. The average molecular weight is 165 g/mol. The van der Waals surface area contributed by atoms with E-state index in [1.54, 1.807) is 10.9 Å². The second-order valence-electron chi connectivity index (χ2n) is 2.37. The Hall–Kier alpha value is -1.34. The molecule has 0 aromatic carbocycles. The minimum absolute atomic E-state index is 0.495. The molecule has 0 fully saturated rings. The van der Waals surface area contributed by atoms with Crippen LogP contribution in [0, 0.1) is 11.3 Å². The molecule has 1 unspecified atom stereocenters. The highest BCUT2D eigenvalue weighted by molar-refractivity contribution is 5.15. The summed E-state index contributed by atoms with van der Waals surface area (Å²) in [5.74, 6) is 0. The summed E-state index contributed by atoms with van der Waals surface area (Å²) in [4.78, 5) is 0. The zero-order valence-electron chi connectivity index (χ0n) is 7.19. The Morgan fingerprint density at radius 1 is 1.83 bits per heavy atom. The second kappa shape index (κ2) is 3.88. The summed E-state index contributed by atoms with van der Waals surface area (Å²) in [7, 11) is 1.51. The van der Waals surface area contributed by atoms with Gasteiger partial charge in [-0.25, -0.2) is 0 Å². The van der Waals surface area contributed by atoms with E-state index in [1.165, 1.54) is 7.11 Å². The summed E-state index contributed by atoms with van der Waals surface area (Å²) in [5, 5.41) is 12.7. The summed E-state index contributed by atoms with van der Waals surface area (Å²) in [6.07, 6.45) is 2.98. The van der Waals surface area contributed by atoms with Gasteiger partial charge in [0.1, 0.15) is 0 Å². The highest BCUT2D eigenvalue weighted by Crippen LogP contribution is 2.13. The summed E-state index contributed by atoms with van der Waals surface area (Å²) in [5.41, 5.74) is 0.807. The maximum Gasteiger partial charge on any atom is 0.171 e. The normalized spacial score (nSPS) is 12.4. The number of rotatable bonds is 3. The van der Waals surface area contributed by atoms with E-state index < -0.39 is 6.10 Å². The van der Waals surface area contributed by atoms with Crippen molar-refractivity contribution in [1.29, 1.82) is 5.26 Å². The van der Waals surface area contributed by atoms with Crippen LogP contribution < -0.4 is 0 Å². The maximum absolute atomic E-state index is 8.65. The Balaban J connectivity index is 2.81. The standard InChI is InChI=1S/C8H11N3O/c1-3-11-6-7(5-10-11)8(4-9)12-2/h5-6,8H,3H2,1-2H3. The zero-order valence-corrected chi connectivity index (χ0v) is 7.19. The highest BCUT2D eigenvalue weighted by atomic mass is 16.5. The van der Waals surface area contributed by atoms with Crippen LogP contribution in [-0.2, 0) is 11.3 Å². The largest absolute Gasteiger partial charge is 0.362 e. The van der Waals surface area contributed by atoms with Crippen molar-refractivity contribution in [2.75, 3.05) is 7.11 Å². The first-order chi connectivity index (χ1) is 5.81. The SMILES string of the molecule is CCn1cc(C(C#N)OC)cn1. The van der Waals surface area contributed by atoms with Crippen LogP contribution in [0.3, 0.4) is 0 Å². The Morgan fingerprint density at radius 3 is 3.00 bits per heavy atom. The molecule has 1 aromatic rings. The molecule has 0 saturated heterocycles. The van der Waals surface area contributed by atoms with Crippen molar-refractivity contribution in [1.82, 2.24) is 9.78 Å². The highest BCUT2D eigenvalue weighted by Gasteiger charge is 2.10. The Kier molecular flexibility index (Phi) is 2.83. The van der Waals surface area contributed by atoms with Crippen molar-refractivity contribution in [2.24, 2.45) is 0 Å². The van der Waals surface area contributed by atoms with Gasteiger partial charge in [-0.15, -0.1) is 0 Å². The molecule has 12 heavy (non-hydrogen) atoms. The topological polar surface area (TPSA) is 50.8 Å². The van der Waals surface area contributed by atoms with Gasteiger partial charge >= 0.3 is 0 Å². The summed E-state index contributed by atoms with van der Waals surface area (Å²) in [6.45, 7) is 2.80. The molecule has 4 heteroatoms. The van der Waals surface area contributed by atoms with Crippen LogP contribution in [0.5, 0.6) is 0 Å². The number of aromatic nitrogens is 2. The predicted molar refractivity (Wildman–Crippen MR) is 43.3 cm³/mol. The minimum atomic E-state index is -0.495. The maximum atomic E-state index is 8.65. The summed E-state index contributed by atoms with van der Waals surface area (Å²) >= 11 is 0. The number of nitrogens with zero attached hydrogens (tertiary/aromatic N) is 3. The van der Waals surface area contributed by atoms with Gasteiger partial charge in [-0.1, -0.05) is 0 Å². The van der Waals surface area contributed by atoms with E-state index in [9.17, 15) is 0 Å². The number of aryl methyl sites for hydroxylation is 1. The van der Waals surface area contributed by atoms with Crippen LogP contribution in [0.2, 0.25) is 0 Å². The van der Waals surface area contributed by atoms with Crippen LogP contribution in [0.4, 0.5) is 0 Å². The number of methoxy groups -OCH3 is 1. The van der Waals surface area contributed by atoms with Gasteiger partial charge in [0.25, 0.3) is 0 Å². The fourth-order valence-corrected chi connectivity index (χ4v) is 0.951. The Labute approximate surface area is 71.4 Å². The van der Waals surface area contributed by atoms with E-state index in [2.05, 4.69) is 5.10 Å². The lowest BCUT2D eigenvalue weighted by atomic mass is 10.2.